The Bertz CT molecular complexity index is 430. The molecule has 1 saturated heterocycles. The van der Waals surface area contributed by atoms with E-state index in [1.165, 1.54) is 5.56 Å². The zero-order valence-electron chi connectivity index (χ0n) is 11.9. The number of anilines is 1. The van der Waals surface area contributed by atoms with Crippen molar-refractivity contribution in [3.05, 3.63) is 29.8 Å². The number of carbonyl (C=O) groups is 1. The van der Waals surface area contributed by atoms with E-state index < -0.39 is 0 Å². The van der Waals surface area contributed by atoms with Crippen LogP contribution in [0.25, 0.3) is 0 Å². The Morgan fingerprint density at radius 3 is 2.63 bits per heavy atom. The summed E-state index contributed by atoms with van der Waals surface area (Å²) in [5.41, 5.74) is 2.45. The molecule has 2 rings (SSSR count). The minimum atomic E-state index is -0.138. The van der Waals surface area contributed by atoms with Crippen LogP contribution in [0.1, 0.15) is 19.4 Å². The Balaban J connectivity index is 2.27. The Morgan fingerprint density at radius 2 is 2.05 bits per heavy atom. The molecule has 1 amide bonds. The van der Waals surface area contributed by atoms with Gasteiger partial charge in [-0.25, -0.2) is 0 Å². The number of piperazine rings is 1. The summed E-state index contributed by atoms with van der Waals surface area (Å²) in [5, 5.41) is 6.08. The van der Waals surface area contributed by atoms with Crippen LogP contribution in [0.2, 0.25) is 0 Å². The molecule has 1 fully saturated rings. The fourth-order valence-electron chi connectivity index (χ4n) is 2.62. The van der Waals surface area contributed by atoms with Gasteiger partial charge in [0, 0.05) is 24.8 Å². The predicted molar refractivity (Wildman–Crippen MR) is 78.5 cm³/mol. The lowest BCUT2D eigenvalue weighted by Gasteiger charge is -2.41. The van der Waals surface area contributed by atoms with Crippen molar-refractivity contribution in [2.24, 2.45) is 0 Å². The molecule has 0 spiro atoms. The van der Waals surface area contributed by atoms with Gasteiger partial charge >= 0.3 is 0 Å². The van der Waals surface area contributed by atoms with E-state index in [9.17, 15) is 4.79 Å². The highest BCUT2D eigenvalue weighted by Gasteiger charge is 2.33. The largest absolute Gasteiger partial charge is 0.354 e. The topological polar surface area (TPSA) is 44.4 Å². The van der Waals surface area contributed by atoms with Gasteiger partial charge in [-0.3, -0.25) is 4.79 Å². The second-order valence-electron chi connectivity index (χ2n) is 5.09. The van der Waals surface area contributed by atoms with E-state index in [1.807, 2.05) is 7.05 Å². The summed E-state index contributed by atoms with van der Waals surface area (Å²) in [7, 11) is 1.88. The Kier molecular flexibility index (Phi) is 4.43. The standard InChI is InChI=1S/C15H23N3O/c1-4-12-5-7-13(8-6-12)18-11(2)9-17-15(19)14(18)10-16-3/h5-8,11,14,16H,4,9-10H2,1-3H3,(H,17,19). The van der Waals surface area contributed by atoms with E-state index in [0.29, 0.717) is 19.1 Å². The molecule has 1 aliphatic rings. The fraction of sp³-hybridized carbons (Fsp3) is 0.533. The molecule has 1 aliphatic heterocycles. The quantitative estimate of drug-likeness (QED) is 0.855. The number of carbonyl (C=O) groups excluding carboxylic acids is 1. The summed E-state index contributed by atoms with van der Waals surface area (Å²) in [5.74, 6) is 0.104. The molecule has 0 bridgehead atoms. The monoisotopic (exact) mass is 261 g/mol. The first-order valence-electron chi connectivity index (χ1n) is 6.97. The van der Waals surface area contributed by atoms with Gasteiger partial charge in [0.15, 0.2) is 0 Å². The highest BCUT2D eigenvalue weighted by atomic mass is 16.2. The van der Waals surface area contributed by atoms with Crippen molar-refractivity contribution in [2.45, 2.75) is 32.4 Å². The van der Waals surface area contributed by atoms with Gasteiger partial charge in [-0.1, -0.05) is 19.1 Å². The van der Waals surface area contributed by atoms with E-state index >= 15 is 0 Å². The van der Waals surface area contributed by atoms with Gasteiger partial charge in [0.2, 0.25) is 5.91 Å². The van der Waals surface area contributed by atoms with Crippen LogP contribution < -0.4 is 15.5 Å². The van der Waals surface area contributed by atoms with Crippen LogP contribution in [0, 0.1) is 0 Å². The van der Waals surface area contributed by atoms with Gasteiger partial charge in [-0.2, -0.15) is 0 Å². The van der Waals surface area contributed by atoms with E-state index in [2.05, 4.69) is 53.6 Å². The molecule has 1 aromatic rings. The van der Waals surface area contributed by atoms with Crippen LogP contribution in [0.4, 0.5) is 5.69 Å². The van der Waals surface area contributed by atoms with Crippen molar-refractivity contribution in [2.75, 3.05) is 25.0 Å². The first-order valence-corrected chi connectivity index (χ1v) is 6.97. The maximum atomic E-state index is 12.0. The van der Waals surface area contributed by atoms with Gasteiger partial charge in [-0.15, -0.1) is 0 Å². The maximum Gasteiger partial charge on any atom is 0.244 e. The van der Waals surface area contributed by atoms with Gasteiger partial charge in [0.25, 0.3) is 0 Å². The van der Waals surface area contributed by atoms with Gasteiger partial charge in [0.1, 0.15) is 6.04 Å². The molecule has 2 N–H and O–H groups in total. The minimum absolute atomic E-state index is 0.104. The molecule has 4 nitrogen and oxygen atoms in total. The summed E-state index contributed by atoms with van der Waals surface area (Å²) < 4.78 is 0. The fourth-order valence-corrected chi connectivity index (χ4v) is 2.62. The van der Waals surface area contributed by atoms with Gasteiger partial charge in [-0.05, 0) is 38.1 Å². The molecule has 4 heteroatoms. The SMILES string of the molecule is CCc1ccc(N2C(C)CNC(=O)C2CNC)cc1. The molecule has 2 atom stereocenters. The molecule has 0 radical (unpaired) electrons. The van der Waals surface area contributed by atoms with Crippen LogP contribution in [-0.2, 0) is 11.2 Å². The highest BCUT2D eigenvalue weighted by molar-refractivity contribution is 5.87. The average Bonchev–Trinajstić information content (AvgIpc) is 2.44. The van der Waals surface area contributed by atoms with Crippen molar-refractivity contribution < 1.29 is 4.79 Å². The molecular formula is C15H23N3O. The smallest absolute Gasteiger partial charge is 0.244 e. The van der Waals surface area contributed by atoms with E-state index in [1.54, 1.807) is 0 Å². The summed E-state index contributed by atoms with van der Waals surface area (Å²) >= 11 is 0. The van der Waals surface area contributed by atoms with E-state index in [-0.39, 0.29) is 11.9 Å². The number of rotatable bonds is 4. The molecule has 1 aromatic carbocycles. The number of hydrogen-bond acceptors (Lipinski definition) is 3. The van der Waals surface area contributed by atoms with Crippen molar-refractivity contribution in [1.82, 2.24) is 10.6 Å². The van der Waals surface area contributed by atoms with Gasteiger partial charge in [0.05, 0.1) is 0 Å². The minimum Gasteiger partial charge on any atom is -0.354 e. The van der Waals surface area contributed by atoms with Crippen LogP contribution in [-0.4, -0.2) is 38.1 Å². The van der Waals surface area contributed by atoms with Crippen LogP contribution in [0.3, 0.4) is 0 Å². The molecule has 0 aromatic heterocycles. The molecule has 104 valence electrons. The zero-order chi connectivity index (χ0) is 13.8. The van der Waals surface area contributed by atoms with Crippen molar-refractivity contribution in [3.8, 4) is 0 Å². The highest BCUT2D eigenvalue weighted by Crippen LogP contribution is 2.23. The molecule has 0 aliphatic carbocycles. The third kappa shape index (κ3) is 2.89. The summed E-state index contributed by atoms with van der Waals surface area (Å²) in [4.78, 5) is 14.3. The molecule has 2 unspecified atom stereocenters. The number of nitrogens with one attached hydrogen (secondary N) is 2. The molecule has 1 heterocycles. The normalized spacial score (nSPS) is 23.3. The van der Waals surface area contributed by atoms with E-state index in [0.717, 1.165) is 12.1 Å². The van der Waals surface area contributed by atoms with Crippen LogP contribution in [0.5, 0.6) is 0 Å². The van der Waals surface area contributed by atoms with Crippen molar-refractivity contribution in [3.63, 3.8) is 0 Å². The molecular weight excluding hydrogens is 238 g/mol. The number of aryl methyl sites for hydroxylation is 1. The number of nitrogens with zero attached hydrogens (tertiary/aromatic N) is 1. The molecule has 19 heavy (non-hydrogen) atoms. The maximum absolute atomic E-state index is 12.0. The van der Waals surface area contributed by atoms with E-state index in [4.69, 9.17) is 0 Å². The Hall–Kier alpha value is -1.55. The summed E-state index contributed by atoms with van der Waals surface area (Å²) in [6.07, 6.45) is 1.04. The van der Waals surface area contributed by atoms with Crippen LogP contribution >= 0.6 is 0 Å². The average molecular weight is 261 g/mol. The number of hydrogen-bond donors (Lipinski definition) is 2. The van der Waals surface area contributed by atoms with Crippen LogP contribution in [0.15, 0.2) is 24.3 Å². The second-order valence-corrected chi connectivity index (χ2v) is 5.09. The third-order valence-electron chi connectivity index (χ3n) is 3.73. The lowest BCUT2D eigenvalue weighted by Crippen LogP contribution is -2.62. The summed E-state index contributed by atoms with van der Waals surface area (Å²) in [6.45, 7) is 5.66. The number of likely N-dealkylation sites (N-methyl/N-ethyl adjacent to an activating group) is 1. The summed E-state index contributed by atoms with van der Waals surface area (Å²) in [6, 6.07) is 8.70. The number of amides is 1. The Labute approximate surface area is 115 Å². The zero-order valence-corrected chi connectivity index (χ0v) is 11.9. The Morgan fingerprint density at radius 1 is 1.37 bits per heavy atom. The first kappa shape index (κ1) is 13.9. The molecule has 0 saturated carbocycles. The lowest BCUT2D eigenvalue weighted by atomic mass is 10.0. The van der Waals surface area contributed by atoms with Crippen molar-refractivity contribution >= 4 is 11.6 Å². The van der Waals surface area contributed by atoms with Crippen molar-refractivity contribution in [1.29, 1.82) is 0 Å². The van der Waals surface area contributed by atoms with Gasteiger partial charge < -0.3 is 15.5 Å². The second kappa shape index (κ2) is 6.06. The first-order chi connectivity index (χ1) is 9.17. The predicted octanol–water partition coefficient (Wildman–Crippen LogP) is 1.16. The lowest BCUT2D eigenvalue weighted by molar-refractivity contribution is -0.123. The third-order valence-corrected chi connectivity index (χ3v) is 3.73. The number of benzene rings is 1.